The molecule has 1 aromatic carbocycles. The molecule has 2 rings (SSSR count). The van der Waals surface area contributed by atoms with Gasteiger partial charge in [-0.1, -0.05) is 24.3 Å². The van der Waals surface area contributed by atoms with E-state index in [-0.39, 0.29) is 5.54 Å². The second-order valence-corrected chi connectivity index (χ2v) is 2.94. The van der Waals surface area contributed by atoms with Crippen LogP contribution in [0.3, 0.4) is 0 Å². The minimum absolute atomic E-state index is 0.0229. The topological polar surface area (TPSA) is 26.0 Å². The summed E-state index contributed by atoms with van der Waals surface area (Å²) in [7, 11) is 0. The molecule has 1 saturated carbocycles. The van der Waals surface area contributed by atoms with Crippen molar-refractivity contribution in [3.63, 3.8) is 0 Å². The molecule has 51 valence electrons. The van der Waals surface area contributed by atoms with Crippen LogP contribution in [-0.4, -0.2) is 0 Å². The lowest BCUT2D eigenvalue weighted by molar-refractivity contribution is 0.740. The van der Waals surface area contributed by atoms with Gasteiger partial charge in [0.15, 0.2) is 0 Å². The Morgan fingerprint density at radius 1 is 1.30 bits per heavy atom. The zero-order valence-corrected chi connectivity index (χ0v) is 5.80. The Hall–Kier alpha value is -0.820. The second-order valence-electron chi connectivity index (χ2n) is 2.94. The maximum absolute atomic E-state index is 5.95. The molecule has 2 N–H and O–H groups in total. The minimum atomic E-state index is 0.0229. The van der Waals surface area contributed by atoms with Gasteiger partial charge in [0.25, 0.3) is 0 Å². The molecule has 0 aliphatic heterocycles. The predicted molar refractivity (Wildman–Crippen MR) is 40.4 cm³/mol. The SMILES string of the molecule is NC1(c2cc[c]cc2)CC1. The molecule has 0 bridgehead atoms. The molecule has 0 atom stereocenters. The summed E-state index contributed by atoms with van der Waals surface area (Å²) in [5, 5.41) is 0. The Bertz CT molecular complexity index is 224. The third kappa shape index (κ3) is 0.830. The minimum Gasteiger partial charge on any atom is -0.321 e. The second kappa shape index (κ2) is 1.83. The van der Waals surface area contributed by atoms with Crippen molar-refractivity contribution in [2.24, 2.45) is 5.73 Å². The summed E-state index contributed by atoms with van der Waals surface area (Å²) in [6.45, 7) is 0. The average Bonchev–Trinajstić information content (AvgIpc) is 2.72. The zero-order valence-electron chi connectivity index (χ0n) is 5.80. The predicted octanol–water partition coefficient (Wildman–Crippen LogP) is 1.43. The fourth-order valence-corrected chi connectivity index (χ4v) is 1.14. The molecular formula is C9H10N. The lowest BCUT2D eigenvalue weighted by Gasteiger charge is -2.06. The van der Waals surface area contributed by atoms with Crippen molar-refractivity contribution in [1.82, 2.24) is 0 Å². The number of hydrogen-bond acceptors (Lipinski definition) is 1. The van der Waals surface area contributed by atoms with E-state index in [1.807, 2.05) is 24.3 Å². The van der Waals surface area contributed by atoms with E-state index in [4.69, 9.17) is 5.73 Å². The van der Waals surface area contributed by atoms with E-state index >= 15 is 0 Å². The van der Waals surface area contributed by atoms with Gasteiger partial charge in [-0.25, -0.2) is 0 Å². The van der Waals surface area contributed by atoms with Crippen molar-refractivity contribution in [2.45, 2.75) is 18.4 Å². The van der Waals surface area contributed by atoms with Crippen LogP contribution in [0.4, 0.5) is 0 Å². The third-order valence-corrected chi connectivity index (χ3v) is 2.08. The zero-order chi connectivity index (χ0) is 7.03. The van der Waals surface area contributed by atoms with Crippen molar-refractivity contribution in [1.29, 1.82) is 0 Å². The highest BCUT2D eigenvalue weighted by Crippen LogP contribution is 2.42. The van der Waals surface area contributed by atoms with Crippen LogP contribution in [0.15, 0.2) is 24.3 Å². The van der Waals surface area contributed by atoms with Crippen LogP contribution in [-0.2, 0) is 5.54 Å². The van der Waals surface area contributed by atoms with E-state index in [1.165, 1.54) is 5.56 Å². The first-order chi connectivity index (χ1) is 4.81. The Morgan fingerprint density at radius 3 is 2.40 bits per heavy atom. The Balaban J connectivity index is 2.35. The van der Waals surface area contributed by atoms with Gasteiger partial charge >= 0.3 is 0 Å². The van der Waals surface area contributed by atoms with Gasteiger partial charge in [0.2, 0.25) is 0 Å². The van der Waals surface area contributed by atoms with E-state index in [1.54, 1.807) is 0 Å². The smallest absolute Gasteiger partial charge is 0.0411 e. The highest BCUT2D eigenvalue weighted by Gasteiger charge is 2.39. The third-order valence-electron chi connectivity index (χ3n) is 2.08. The summed E-state index contributed by atoms with van der Waals surface area (Å²) in [6, 6.07) is 10.9. The van der Waals surface area contributed by atoms with Crippen LogP contribution in [0.25, 0.3) is 0 Å². The normalized spacial score (nSPS) is 20.5. The van der Waals surface area contributed by atoms with E-state index in [2.05, 4.69) is 6.07 Å². The Morgan fingerprint density at radius 2 is 1.90 bits per heavy atom. The van der Waals surface area contributed by atoms with Crippen molar-refractivity contribution >= 4 is 0 Å². The molecule has 1 nitrogen and oxygen atoms in total. The molecule has 1 radical (unpaired) electrons. The molecule has 0 saturated heterocycles. The summed E-state index contributed by atoms with van der Waals surface area (Å²) in [5.41, 5.74) is 7.23. The molecular weight excluding hydrogens is 122 g/mol. The van der Waals surface area contributed by atoms with Crippen LogP contribution < -0.4 is 5.73 Å². The van der Waals surface area contributed by atoms with Gasteiger partial charge in [0, 0.05) is 5.54 Å². The fourth-order valence-electron chi connectivity index (χ4n) is 1.14. The number of hydrogen-bond donors (Lipinski definition) is 1. The molecule has 10 heavy (non-hydrogen) atoms. The van der Waals surface area contributed by atoms with Gasteiger partial charge in [-0.15, -0.1) is 0 Å². The van der Waals surface area contributed by atoms with E-state index < -0.39 is 0 Å². The molecule has 0 aromatic heterocycles. The van der Waals surface area contributed by atoms with Crippen LogP contribution in [0.2, 0.25) is 0 Å². The molecule has 1 fully saturated rings. The average molecular weight is 132 g/mol. The summed E-state index contributed by atoms with van der Waals surface area (Å²) < 4.78 is 0. The number of nitrogens with two attached hydrogens (primary N) is 1. The first kappa shape index (κ1) is 5.93. The molecule has 1 aliphatic carbocycles. The van der Waals surface area contributed by atoms with Crippen molar-refractivity contribution in [2.75, 3.05) is 0 Å². The first-order valence-corrected chi connectivity index (χ1v) is 3.57. The molecule has 1 heteroatoms. The van der Waals surface area contributed by atoms with Gasteiger partial charge < -0.3 is 5.73 Å². The highest BCUT2D eigenvalue weighted by molar-refractivity contribution is 5.28. The van der Waals surface area contributed by atoms with Crippen molar-refractivity contribution < 1.29 is 0 Å². The lowest BCUT2D eigenvalue weighted by Crippen LogP contribution is -2.18. The summed E-state index contributed by atoms with van der Waals surface area (Å²) in [6.07, 6.45) is 2.27. The quantitative estimate of drug-likeness (QED) is 0.614. The molecule has 1 aliphatic rings. The van der Waals surface area contributed by atoms with E-state index in [9.17, 15) is 0 Å². The molecule has 1 aromatic rings. The van der Waals surface area contributed by atoms with Gasteiger partial charge in [0.1, 0.15) is 0 Å². The largest absolute Gasteiger partial charge is 0.321 e. The number of rotatable bonds is 1. The maximum atomic E-state index is 5.95. The van der Waals surface area contributed by atoms with Crippen molar-refractivity contribution in [3.8, 4) is 0 Å². The van der Waals surface area contributed by atoms with Crippen molar-refractivity contribution in [3.05, 3.63) is 35.9 Å². The molecule has 0 unspecified atom stereocenters. The molecule has 0 amide bonds. The van der Waals surface area contributed by atoms with Gasteiger partial charge in [-0.2, -0.15) is 0 Å². The summed E-state index contributed by atoms with van der Waals surface area (Å²) >= 11 is 0. The first-order valence-electron chi connectivity index (χ1n) is 3.57. The Kier molecular flexibility index (Phi) is 1.08. The van der Waals surface area contributed by atoms with Gasteiger partial charge in [-0.3, -0.25) is 0 Å². The fraction of sp³-hybridized carbons (Fsp3) is 0.333. The van der Waals surface area contributed by atoms with Crippen LogP contribution >= 0.6 is 0 Å². The van der Waals surface area contributed by atoms with Crippen LogP contribution in [0.5, 0.6) is 0 Å². The summed E-state index contributed by atoms with van der Waals surface area (Å²) in [5.74, 6) is 0. The Labute approximate surface area is 60.9 Å². The van der Waals surface area contributed by atoms with Crippen LogP contribution in [0, 0.1) is 6.07 Å². The maximum Gasteiger partial charge on any atom is 0.0411 e. The van der Waals surface area contributed by atoms with Crippen LogP contribution in [0.1, 0.15) is 18.4 Å². The summed E-state index contributed by atoms with van der Waals surface area (Å²) in [4.78, 5) is 0. The van der Waals surface area contributed by atoms with Gasteiger partial charge in [0.05, 0.1) is 0 Å². The highest BCUT2D eigenvalue weighted by atomic mass is 14.8. The number of benzene rings is 1. The van der Waals surface area contributed by atoms with E-state index in [0.717, 1.165) is 12.8 Å². The molecule has 0 heterocycles. The lowest BCUT2D eigenvalue weighted by atomic mass is 10.1. The molecule has 0 spiro atoms. The standard InChI is InChI=1S/C9H10N/c10-9(6-7-9)8-4-2-1-3-5-8/h2-5H,6-7,10H2. The van der Waals surface area contributed by atoms with Gasteiger partial charge in [-0.05, 0) is 24.5 Å². The monoisotopic (exact) mass is 132 g/mol. The van der Waals surface area contributed by atoms with E-state index in [0.29, 0.717) is 0 Å².